The van der Waals surface area contributed by atoms with Crippen molar-refractivity contribution in [3.05, 3.63) is 11.4 Å². The lowest BCUT2D eigenvalue weighted by Crippen LogP contribution is -2.00. The van der Waals surface area contributed by atoms with Gasteiger partial charge in [-0.05, 0) is 6.92 Å². The Morgan fingerprint density at radius 1 is 1.67 bits per heavy atom. The van der Waals surface area contributed by atoms with Gasteiger partial charge < -0.3 is 15.4 Å². The number of carboxylic acid groups (broad SMARTS) is 1. The van der Waals surface area contributed by atoms with Crippen LogP contribution in [-0.2, 0) is 7.05 Å². The maximum absolute atomic E-state index is 10.5. The summed E-state index contributed by atoms with van der Waals surface area (Å²) < 4.78 is 1.53. The van der Waals surface area contributed by atoms with Gasteiger partial charge in [-0.25, -0.2) is 9.78 Å². The Balaban J connectivity index is 0.00000121. The second-order valence-corrected chi connectivity index (χ2v) is 2.27. The minimum atomic E-state index is -1.05. The van der Waals surface area contributed by atoms with E-state index in [9.17, 15) is 4.79 Å². The van der Waals surface area contributed by atoms with Crippen molar-refractivity contribution in [1.82, 2.24) is 9.55 Å². The minimum Gasteiger partial charge on any atom is -0.476 e. The van der Waals surface area contributed by atoms with E-state index in [1.54, 1.807) is 14.0 Å². The average Bonchev–Trinajstić information content (AvgIpc) is 2.17. The summed E-state index contributed by atoms with van der Waals surface area (Å²) in [7, 11) is 1.67. The van der Waals surface area contributed by atoms with E-state index in [1.807, 2.05) is 0 Å². The van der Waals surface area contributed by atoms with E-state index in [0.29, 0.717) is 5.69 Å². The van der Waals surface area contributed by atoms with Gasteiger partial charge in [0, 0.05) is 7.05 Å². The van der Waals surface area contributed by atoms with Crippen LogP contribution >= 0.6 is 12.4 Å². The molecule has 0 fully saturated rings. The molecule has 0 aliphatic rings. The highest BCUT2D eigenvalue weighted by Gasteiger charge is 2.14. The van der Waals surface area contributed by atoms with E-state index < -0.39 is 5.97 Å². The van der Waals surface area contributed by atoms with Crippen LogP contribution in [0, 0.1) is 6.92 Å². The molecule has 0 unspecified atom stereocenters. The quantitative estimate of drug-likeness (QED) is 0.675. The van der Waals surface area contributed by atoms with Crippen LogP contribution in [0.1, 0.15) is 16.2 Å². The van der Waals surface area contributed by atoms with Crippen molar-refractivity contribution in [2.24, 2.45) is 7.05 Å². The van der Waals surface area contributed by atoms with Crippen LogP contribution in [0.2, 0.25) is 0 Å². The second-order valence-electron chi connectivity index (χ2n) is 2.27. The molecule has 5 nitrogen and oxygen atoms in total. The molecule has 1 aromatic rings. The smallest absolute Gasteiger partial charge is 0.356 e. The summed E-state index contributed by atoms with van der Waals surface area (Å²) in [4.78, 5) is 14.1. The number of anilines is 1. The van der Waals surface area contributed by atoms with Gasteiger partial charge in [-0.1, -0.05) is 0 Å². The lowest BCUT2D eigenvalue weighted by atomic mass is 10.3. The van der Waals surface area contributed by atoms with Gasteiger partial charge in [0.1, 0.15) is 0 Å². The zero-order valence-electron chi connectivity index (χ0n) is 6.74. The van der Waals surface area contributed by atoms with Gasteiger partial charge in [-0.3, -0.25) is 0 Å². The zero-order chi connectivity index (χ0) is 8.59. The van der Waals surface area contributed by atoms with Crippen LogP contribution in [-0.4, -0.2) is 20.6 Å². The molecule has 0 aliphatic heterocycles. The summed E-state index contributed by atoms with van der Waals surface area (Å²) in [5, 5.41) is 8.57. The topological polar surface area (TPSA) is 81.1 Å². The van der Waals surface area contributed by atoms with Gasteiger partial charge in [0.05, 0.1) is 5.69 Å². The molecule has 0 aliphatic carbocycles. The molecule has 1 rings (SSSR count). The highest BCUT2D eigenvalue weighted by molar-refractivity contribution is 5.87. The standard InChI is InChI=1S/C6H9N3O2.ClH/c1-3-4(5(10)11)8-6(7)9(3)2;/h1-2H3,(H2,7,8)(H,10,11);1H. The Kier molecular flexibility index (Phi) is 3.09. The molecule has 68 valence electrons. The number of carboxylic acids is 1. The highest BCUT2D eigenvalue weighted by Crippen LogP contribution is 2.09. The van der Waals surface area contributed by atoms with Crippen molar-refractivity contribution in [1.29, 1.82) is 0 Å². The van der Waals surface area contributed by atoms with Gasteiger partial charge >= 0.3 is 5.97 Å². The molecule has 1 heterocycles. The second kappa shape index (κ2) is 3.44. The number of carbonyl (C=O) groups is 1. The summed E-state index contributed by atoms with van der Waals surface area (Å²) >= 11 is 0. The first-order valence-electron chi connectivity index (χ1n) is 3.06. The van der Waals surface area contributed by atoms with E-state index in [-0.39, 0.29) is 24.0 Å². The maximum Gasteiger partial charge on any atom is 0.356 e. The minimum absolute atomic E-state index is 0. The first-order chi connectivity index (χ1) is 5.04. The fraction of sp³-hybridized carbons (Fsp3) is 0.333. The first-order valence-corrected chi connectivity index (χ1v) is 3.06. The number of nitrogens with zero attached hydrogens (tertiary/aromatic N) is 2. The van der Waals surface area contributed by atoms with E-state index in [1.165, 1.54) is 4.57 Å². The molecule has 12 heavy (non-hydrogen) atoms. The van der Waals surface area contributed by atoms with Crippen LogP contribution in [0.3, 0.4) is 0 Å². The Bertz CT molecular complexity index is 308. The Labute approximate surface area is 75.6 Å². The van der Waals surface area contributed by atoms with Crippen LogP contribution < -0.4 is 5.73 Å². The lowest BCUT2D eigenvalue weighted by Gasteiger charge is -1.94. The van der Waals surface area contributed by atoms with Crippen molar-refractivity contribution in [3.8, 4) is 0 Å². The third-order valence-corrected chi connectivity index (χ3v) is 1.62. The third-order valence-electron chi connectivity index (χ3n) is 1.62. The Morgan fingerprint density at radius 3 is 2.33 bits per heavy atom. The van der Waals surface area contributed by atoms with Gasteiger partial charge in [-0.15, -0.1) is 12.4 Å². The van der Waals surface area contributed by atoms with Gasteiger partial charge in [0.25, 0.3) is 0 Å². The summed E-state index contributed by atoms with van der Waals surface area (Å²) in [5.41, 5.74) is 5.95. The molecule has 0 saturated carbocycles. The summed E-state index contributed by atoms with van der Waals surface area (Å²) in [6.45, 7) is 1.66. The predicted molar refractivity (Wildman–Crippen MR) is 46.6 cm³/mol. The molecular formula is C6H10ClN3O2. The number of nitrogens with two attached hydrogens (primary N) is 1. The van der Waals surface area contributed by atoms with Crippen molar-refractivity contribution >= 4 is 24.3 Å². The molecule has 0 aromatic carbocycles. The summed E-state index contributed by atoms with van der Waals surface area (Å²) in [5.74, 6) is -0.824. The molecule has 3 N–H and O–H groups in total. The molecule has 0 radical (unpaired) electrons. The molecular weight excluding hydrogens is 182 g/mol. The number of halogens is 1. The summed E-state index contributed by atoms with van der Waals surface area (Å²) in [6.07, 6.45) is 0. The van der Waals surface area contributed by atoms with Crippen LogP contribution in [0.25, 0.3) is 0 Å². The number of aromatic carboxylic acids is 1. The number of rotatable bonds is 1. The fourth-order valence-corrected chi connectivity index (χ4v) is 0.804. The van der Waals surface area contributed by atoms with E-state index in [2.05, 4.69) is 4.98 Å². The van der Waals surface area contributed by atoms with Crippen molar-refractivity contribution in [2.45, 2.75) is 6.92 Å². The first kappa shape index (κ1) is 10.8. The van der Waals surface area contributed by atoms with Crippen LogP contribution in [0.5, 0.6) is 0 Å². The van der Waals surface area contributed by atoms with Crippen LogP contribution in [0.4, 0.5) is 5.95 Å². The largest absolute Gasteiger partial charge is 0.476 e. The lowest BCUT2D eigenvalue weighted by molar-refractivity contribution is 0.0690. The van der Waals surface area contributed by atoms with Crippen molar-refractivity contribution < 1.29 is 9.90 Å². The SMILES string of the molecule is Cc1c(C(=O)O)nc(N)n1C.Cl. The maximum atomic E-state index is 10.5. The number of aromatic nitrogens is 2. The number of hydrogen-bond acceptors (Lipinski definition) is 3. The molecule has 1 aromatic heterocycles. The van der Waals surface area contributed by atoms with E-state index >= 15 is 0 Å². The van der Waals surface area contributed by atoms with E-state index in [4.69, 9.17) is 10.8 Å². The van der Waals surface area contributed by atoms with Gasteiger partial charge in [0.2, 0.25) is 5.95 Å². The Hall–Kier alpha value is -1.23. The predicted octanol–water partition coefficient (Wildman–Crippen LogP) is 0.431. The highest BCUT2D eigenvalue weighted by atomic mass is 35.5. The van der Waals surface area contributed by atoms with Gasteiger partial charge in [0.15, 0.2) is 5.69 Å². The summed E-state index contributed by atoms with van der Waals surface area (Å²) in [6, 6.07) is 0. The van der Waals surface area contributed by atoms with Crippen LogP contribution in [0.15, 0.2) is 0 Å². The number of nitrogen functional groups attached to an aromatic ring is 1. The molecule has 0 spiro atoms. The molecule has 0 atom stereocenters. The fourth-order valence-electron chi connectivity index (χ4n) is 0.804. The zero-order valence-corrected chi connectivity index (χ0v) is 7.55. The number of hydrogen-bond donors (Lipinski definition) is 2. The third kappa shape index (κ3) is 1.50. The molecule has 0 amide bonds. The normalized spacial score (nSPS) is 9.17. The number of imidazole rings is 1. The van der Waals surface area contributed by atoms with E-state index in [0.717, 1.165) is 0 Å². The average molecular weight is 192 g/mol. The molecule has 0 bridgehead atoms. The van der Waals surface area contributed by atoms with Crippen molar-refractivity contribution in [2.75, 3.05) is 5.73 Å². The van der Waals surface area contributed by atoms with Crippen molar-refractivity contribution in [3.63, 3.8) is 0 Å². The monoisotopic (exact) mass is 191 g/mol. The molecule has 6 heteroatoms. The van der Waals surface area contributed by atoms with Gasteiger partial charge in [-0.2, -0.15) is 0 Å². The Morgan fingerprint density at radius 2 is 2.17 bits per heavy atom. The molecule has 0 saturated heterocycles.